The highest BCUT2D eigenvalue weighted by molar-refractivity contribution is 5.78. The maximum Gasteiger partial charge on any atom is 0.312 e. The summed E-state index contributed by atoms with van der Waals surface area (Å²) in [5.41, 5.74) is 0.0496. The van der Waals surface area contributed by atoms with Crippen molar-refractivity contribution in [1.29, 1.82) is 0 Å². The van der Waals surface area contributed by atoms with Crippen molar-refractivity contribution in [2.45, 2.75) is 110 Å². The van der Waals surface area contributed by atoms with E-state index in [2.05, 4.69) is 6.92 Å². The number of hydrogen-bond donors (Lipinski definition) is 0. The molecule has 0 amide bonds. The van der Waals surface area contributed by atoms with Crippen LogP contribution in [-0.2, 0) is 9.53 Å². The van der Waals surface area contributed by atoms with Crippen molar-refractivity contribution in [3.63, 3.8) is 0 Å². The first-order chi connectivity index (χ1) is 12.2. The molecule has 0 aromatic rings. The molecule has 3 fully saturated rings. The van der Waals surface area contributed by atoms with Gasteiger partial charge in [-0.1, -0.05) is 64.7 Å². The Morgan fingerprint density at radius 2 is 1.40 bits per heavy atom. The molecule has 3 aliphatic carbocycles. The zero-order chi connectivity index (χ0) is 17.8. The van der Waals surface area contributed by atoms with Crippen molar-refractivity contribution in [2.24, 2.45) is 22.7 Å². The van der Waals surface area contributed by atoms with Crippen molar-refractivity contribution in [2.75, 3.05) is 7.11 Å². The molecule has 0 bridgehead atoms. The van der Waals surface area contributed by atoms with Gasteiger partial charge in [-0.3, -0.25) is 4.79 Å². The molecule has 0 radical (unpaired) electrons. The maximum absolute atomic E-state index is 13.0. The van der Waals surface area contributed by atoms with Gasteiger partial charge in [-0.15, -0.1) is 0 Å². The lowest BCUT2D eigenvalue weighted by atomic mass is 9.49. The Balaban J connectivity index is 1.78. The summed E-state index contributed by atoms with van der Waals surface area (Å²) in [6, 6.07) is 0. The standard InChI is InChI=1S/C23H40O2/c1-3-14-22(23(21(24)25-2)15-8-5-9-16-23)17-12-20(13-18-22)19-10-6-4-7-11-19/h19-20H,3-18H2,1-2H3/t20-,22+. The minimum absolute atomic E-state index is 0.122. The fourth-order valence-corrected chi connectivity index (χ4v) is 7.02. The minimum Gasteiger partial charge on any atom is -0.469 e. The van der Waals surface area contributed by atoms with E-state index in [1.165, 1.54) is 89.9 Å². The second-order valence-electron chi connectivity index (χ2n) is 9.40. The normalized spacial score (nSPS) is 33.8. The highest BCUT2D eigenvalue weighted by Gasteiger charge is 2.57. The second-order valence-corrected chi connectivity index (χ2v) is 9.40. The molecule has 3 saturated carbocycles. The topological polar surface area (TPSA) is 26.3 Å². The first-order valence-electron chi connectivity index (χ1n) is 11.3. The Morgan fingerprint density at radius 1 is 0.840 bits per heavy atom. The van der Waals surface area contributed by atoms with E-state index in [1.54, 1.807) is 7.11 Å². The number of rotatable bonds is 5. The van der Waals surface area contributed by atoms with Crippen LogP contribution >= 0.6 is 0 Å². The van der Waals surface area contributed by atoms with Crippen LogP contribution in [-0.4, -0.2) is 13.1 Å². The summed E-state index contributed by atoms with van der Waals surface area (Å²) >= 11 is 0. The van der Waals surface area contributed by atoms with Gasteiger partial charge in [0.05, 0.1) is 12.5 Å². The molecule has 25 heavy (non-hydrogen) atoms. The van der Waals surface area contributed by atoms with Crippen molar-refractivity contribution in [3.8, 4) is 0 Å². The van der Waals surface area contributed by atoms with Gasteiger partial charge in [0.2, 0.25) is 0 Å². The first kappa shape index (κ1) is 19.2. The molecule has 3 aliphatic rings. The largest absolute Gasteiger partial charge is 0.469 e. The maximum atomic E-state index is 13.0. The van der Waals surface area contributed by atoms with E-state index in [9.17, 15) is 4.79 Å². The number of esters is 1. The molecule has 0 N–H and O–H groups in total. The Bertz CT molecular complexity index is 421. The van der Waals surface area contributed by atoms with E-state index in [4.69, 9.17) is 4.74 Å². The van der Waals surface area contributed by atoms with Gasteiger partial charge in [0, 0.05) is 0 Å². The summed E-state index contributed by atoms with van der Waals surface area (Å²) in [5.74, 6) is 2.04. The van der Waals surface area contributed by atoms with Crippen molar-refractivity contribution in [1.82, 2.24) is 0 Å². The van der Waals surface area contributed by atoms with Gasteiger partial charge in [-0.05, 0) is 62.2 Å². The van der Waals surface area contributed by atoms with Crippen LogP contribution in [0.4, 0.5) is 0 Å². The number of methoxy groups -OCH3 is 1. The zero-order valence-corrected chi connectivity index (χ0v) is 16.8. The number of ether oxygens (including phenoxy) is 1. The first-order valence-corrected chi connectivity index (χ1v) is 11.3. The van der Waals surface area contributed by atoms with Gasteiger partial charge < -0.3 is 4.74 Å². The predicted molar refractivity (Wildman–Crippen MR) is 103 cm³/mol. The predicted octanol–water partition coefficient (Wildman–Crippen LogP) is 6.67. The minimum atomic E-state index is -0.173. The summed E-state index contributed by atoms with van der Waals surface area (Å²) < 4.78 is 5.42. The van der Waals surface area contributed by atoms with Gasteiger partial charge in [0.1, 0.15) is 0 Å². The molecule has 0 heterocycles. The van der Waals surface area contributed by atoms with Gasteiger partial charge in [-0.2, -0.15) is 0 Å². The lowest BCUT2D eigenvalue weighted by molar-refractivity contribution is -0.172. The highest BCUT2D eigenvalue weighted by Crippen LogP contribution is 2.61. The second kappa shape index (κ2) is 8.44. The average Bonchev–Trinajstić information content (AvgIpc) is 2.69. The molecule has 0 aliphatic heterocycles. The third-order valence-corrected chi connectivity index (χ3v) is 8.33. The molecule has 0 spiro atoms. The lowest BCUT2D eigenvalue weighted by Crippen LogP contribution is -2.51. The summed E-state index contributed by atoms with van der Waals surface area (Å²) in [4.78, 5) is 13.0. The molecular formula is C23H40O2. The van der Waals surface area contributed by atoms with Gasteiger partial charge in [0.15, 0.2) is 0 Å². The Labute approximate surface area is 155 Å². The van der Waals surface area contributed by atoms with Crippen LogP contribution in [0.5, 0.6) is 0 Å². The van der Waals surface area contributed by atoms with E-state index in [1.807, 2.05) is 0 Å². The smallest absolute Gasteiger partial charge is 0.312 e. The van der Waals surface area contributed by atoms with Crippen LogP contribution < -0.4 is 0 Å². The molecular weight excluding hydrogens is 308 g/mol. The van der Waals surface area contributed by atoms with Crippen LogP contribution in [0.25, 0.3) is 0 Å². The van der Waals surface area contributed by atoms with Gasteiger partial charge in [0.25, 0.3) is 0 Å². The number of carbonyl (C=O) groups is 1. The quantitative estimate of drug-likeness (QED) is 0.519. The third kappa shape index (κ3) is 3.65. The van der Waals surface area contributed by atoms with E-state index >= 15 is 0 Å². The zero-order valence-electron chi connectivity index (χ0n) is 16.8. The van der Waals surface area contributed by atoms with E-state index in [0.29, 0.717) is 0 Å². The van der Waals surface area contributed by atoms with Gasteiger partial charge >= 0.3 is 5.97 Å². The molecule has 0 atom stereocenters. The highest BCUT2D eigenvalue weighted by atomic mass is 16.5. The Kier molecular flexibility index (Phi) is 6.49. The van der Waals surface area contributed by atoms with E-state index in [-0.39, 0.29) is 16.8 Å². The summed E-state index contributed by atoms with van der Waals surface area (Å²) in [5, 5.41) is 0. The van der Waals surface area contributed by atoms with Crippen molar-refractivity contribution < 1.29 is 9.53 Å². The monoisotopic (exact) mass is 348 g/mol. The molecule has 0 aromatic heterocycles. The molecule has 144 valence electrons. The fourth-order valence-electron chi connectivity index (χ4n) is 7.02. The van der Waals surface area contributed by atoms with Crippen molar-refractivity contribution in [3.05, 3.63) is 0 Å². The summed E-state index contributed by atoms with van der Waals surface area (Å²) in [6.07, 6.45) is 20.9. The average molecular weight is 349 g/mol. The summed E-state index contributed by atoms with van der Waals surface area (Å²) in [6.45, 7) is 2.31. The summed E-state index contributed by atoms with van der Waals surface area (Å²) in [7, 11) is 1.62. The lowest BCUT2D eigenvalue weighted by Gasteiger charge is -2.54. The van der Waals surface area contributed by atoms with Crippen LogP contribution in [0.3, 0.4) is 0 Å². The molecule has 0 aromatic carbocycles. The van der Waals surface area contributed by atoms with E-state index in [0.717, 1.165) is 24.7 Å². The van der Waals surface area contributed by atoms with Crippen LogP contribution in [0.1, 0.15) is 110 Å². The number of carbonyl (C=O) groups excluding carboxylic acids is 1. The molecule has 2 heteroatoms. The number of hydrogen-bond acceptors (Lipinski definition) is 2. The van der Waals surface area contributed by atoms with Crippen molar-refractivity contribution >= 4 is 5.97 Å². The fraction of sp³-hybridized carbons (Fsp3) is 0.957. The Hall–Kier alpha value is -0.530. The molecule has 0 saturated heterocycles. The molecule has 0 unspecified atom stereocenters. The molecule has 2 nitrogen and oxygen atoms in total. The third-order valence-electron chi connectivity index (χ3n) is 8.33. The SMILES string of the molecule is CCC[C@]1(C2(C(=O)OC)CCCCC2)CC[C@@H](C2CCCCC2)CC1. The van der Waals surface area contributed by atoms with Crippen LogP contribution in [0.15, 0.2) is 0 Å². The Morgan fingerprint density at radius 3 is 1.96 bits per heavy atom. The van der Waals surface area contributed by atoms with Crippen LogP contribution in [0, 0.1) is 22.7 Å². The van der Waals surface area contributed by atoms with Gasteiger partial charge in [-0.25, -0.2) is 0 Å². The van der Waals surface area contributed by atoms with Crippen LogP contribution in [0.2, 0.25) is 0 Å². The van der Waals surface area contributed by atoms with E-state index < -0.39 is 0 Å². The molecule has 3 rings (SSSR count).